The summed E-state index contributed by atoms with van der Waals surface area (Å²) in [6.07, 6.45) is 0. The molecule has 3 heteroatoms. The topological polar surface area (TPSA) is 31.2 Å². The van der Waals surface area contributed by atoms with Crippen LogP contribution >= 0.6 is 0 Å². The molecule has 1 aromatic heterocycles. The summed E-state index contributed by atoms with van der Waals surface area (Å²) in [5.41, 5.74) is 3.49. The quantitative estimate of drug-likeness (QED) is 0.674. The van der Waals surface area contributed by atoms with Crippen LogP contribution in [0.5, 0.6) is 0 Å². The van der Waals surface area contributed by atoms with Crippen LogP contribution in [0.3, 0.4) is 0 Å². The van der Waals surface area contributed by atoms with E-state index in [0.717, 1.165) is 12.1 Å². The summed E-state index contributed by atoms with van der Waals surface area (Å²) in [5, 5.41) is 2.46. The highest BCUT2D eigenvalue weighted by Crippen LogP contribution is 2.29. The van der Waals surface area contributed by atoms with E-state index in [4.69, 9.17) is 4.74 Å². The first kappa shape index (κ1) is 12.7. The number of benzene rings is 2. The van der Waals surface area contributed by atoms with Gasteiger partial charge in [-0.3, -0.25) is 4.79 Å². The first-order valence-electron chi connectivity index (χ1n) is 6.84. The van der Waals surface area contributed by atoms with Gasteiger partial charge in [0.1, 0.15) is 6.61 Å². The number of nitrogens with zero attached hydrogens (tertiary/aromatic N) is 1. The van der Waals surface area contributed by atoms with Gasteiger partial charge in [-0.1, -0.05) is 24.3 Å². The van der Waals surface area contributed by atoms with Crippen LogP contribution in [-0.4, -0.2) is 10.5 Å². The Hall–Kier alpha value is -2.29. The molecule has 0 aliphatic heterocycles. The Morgan fingerprint density at radius 2 is 1.85 bits per heavy atom. The van der Waals surface area contributed by atoms with Crippen molar-refractivity contribution in [3.63, 3.8) is 0 Å². The Kier molecular flexibility index (Phi) is 3.18. The minimum Gasteiger partial charge on any atom is -0.461 e. The summed E-state index contributed by atoms with van der Waals surface area (Å²) < 4.78 is 7.38. The van der Waals surface area contributed by atoms with Crippen molar-refractivity contribution < 1.29 is 9.53 Å². The fourth-order valence-corrected chi connectivity index (χ4v) is 2.72. The van der Waals surface area contributed by atoms with Gasteiger partial charge in [-0.25, -0.2) is 0 Å². The van der Waals surface area contributed by atoms with Crippen LogP contribution in [0, 0.1) is 0 Å². The third-order valence-corrected chi connectivity index (χ3v) is 3.60. The minimum atomic E-state index is -0.249. The molecule has 0 fully saturated rings. The highest BCUT2D eigenvalue weighted by atomic mass is 16.5. The number of aryl methyl sites for hydroxylation is 1. The Balaban J connectivity index is 2.18. The van der Waals surface area contributed by atoms with Gasteiger partial charge in [-0.05, 0) is 30.7 Å². The predicted molar refractivity (Wildman–Crippen MR) is 80.6 cm³/mol. The van der Waals surface area contributed by atoms with E-state index in [9.17, 15) is 4.79 Å². The fourth-order valence-electron chi connectivity index (χ4n) is 2.72. The van der Waals surface area contributed by atoms with Crippen LogP contribution in [-0.2, 0) is 22.7 Å². The second-order valence-corrected chi connectivity index (χ2v) is 4.89. The van der Waals surface area contributed by atoms with Crippen molar-refractivity contribution in [2.24, 2.45) is 0 Å². The number of rotatable bonds is 3. The number of hydrogen-bond donors (Lipinski definition) is 0. The Morgan fingerprint density at radius 3 is 2.60 bits per heavy atom. The molecule has 0 aliphatic rings. The molecule has 2 aromatic carbocycles. The molecule has 0 aliphatic carbocycles. The highest BCUT2D eigenvalue weighted by molar-refractivity contribution is 6.08. The maximum Gasteiger partial charge on any atom is 0.302 e. The third-order valence-electron chi connectivity index (χ3n) is 3.60. The molecular weight excluding hydrogens is 250 g/mol. The van der Waals surface area contributed by atoms with Crippen molar-refractivity contribution in [2.45, 2.75) is 27.0 Å². The van der Waals surface area contributed by atoms with Crippen LogP contribution in [0.1, 0.15) is 19.4 Å². The normalized spacial score (nSPS) is 11.1. The highest BCUT2D eigenvalue weighted by Gasteiger charge is 2.09. The standard InChI is InChI=1S/C17H17NO2/c1-3-18-16-7-5-4-6-14(16)15-10-13(8-9-17(15)18)11-20-12(2)19/h4-10H,3,11H2,1-2H3. The lowest BCUT2D eigenvalue weighted by Crippen LogP contribution is -1.98. The number of fused-ring (bicyclic) bond motifs is 3. The number of esters is 1. The van der Waals surface area contributed by atoms with Crippen molar-refractivity contribution in [1.29, 1.82) is 0 Å². The van der Waals surface area contributed by atoms with E-state index in [-0.39, 0.29) is 5.97 Å². The zero-order valence-corrected chi connectivity index (χ0v) is 11.7. The molecule has 1 heterocycles. The zero-order valence-electron chi connectivity index (χ0n) is 11.7. The van der Waals surface area contributed by atoms with Gasteiger partial charge in [-0.15, -0.1) is 0 Å². The van der Waals surface area contributed by atoms with E-state index in [0.29, 0.717) is 6.61 Å². The fraction of sp³-hybridized carbons (Fsp3) is 0.235. The lowest BCUT2D eigenvalue weighted by atomic mass is 10.1. The predicted octanol–water partition coefficient (Wildman–Crippen LogP) is 3.88. The second kappa shape index (κ2) is 5.00. The van der Waals surface area contributed by atoms with E-state index >= 15 is 0 Å². The molecule has 0 atom stereocenters. The lowest BCUT2D eigenvalue weighted by molar-refractivity contribution is -0.142. The average Bonchev–Trinajstić information content (AvgIpc) is 2.78. The average molecular weight is 267 g/mol. The van der Waals surface area contributed by atoms with Crippen molar-refractivity contribution in [3.8, 4) is 0 Å². The number of hydrogen-bond acceptors (Lipinski definition) is 2. The molecule has 0 amide bonds. The van der Waals surface area contributed by atoms with Crippen LogP contribution in [0.2, 0.25) is 0 Å². The maximum atomic E-state index is 10.9. The molecule has 20 heavy (non-hydrogen) atoms. The summed E-state index contributed by atoms with van der Waals surface area (Å²) in [6.45, 7) is 4.85. The van der Waals surface area contributed by atoms with E-state index in [1.165, 1.54) is 28.7 Å². The van der Waals surface area contributed by atoms with Crippen molar-refractivity contribution >= 4 is 27.8 Å². The molecule has 0 bridgehead atoms. The van der Waals surface area contributed by atoms with Gasteiger partial charge >= 0.3 is 5.97 Å². The summed E-state index contributed by atoms with van der Waals surface area (Å²) in [5.74, 6) is -0.249. The summed E-state index contributed by atoms with van der Waals surface area (Å²) >= 11 is 0. The monoisotopic (exact) mass is 267 g/mol. The number of carbonyl (C=O) groups excluding carboxylic acids is 1. The molecular formula is C17H17NO2. The number of para-hydroxylation sites is 1. The molecule has 0 radical (unpaired) electrons. The van der Waals surface area contributed by atoms with Crippen LogP contribution < -0.4 is 0 Å². The molecule has 3 aromatic rings. The van der Waals surface area contributed by atoms with Gasteiger partial charge in [0.2, 0.25) is 0 Å². The number of aromatic nitrogens is 1. The van der Waals surface area contributed by atoms with Crippen LogP contribution in [0.25, 0.3) is 21.8 Å². The van der Waals surface area contributed by atoms with Crippen LogP contribution in [0.4, 0.5) is 0 Å². The third kappa shape index (κ3) is 2.05. The van der Waals surface area contributed by atoms with E-state index in [1.807, 2.05) is 6.07 Å². The largest absolute Gasteiger partial charge is 0.461 e. The van der Waals surface area contributed by atoms with E-state index < -0.39 is 0 Å². The number of ether oxygens (including phenoxy) is 1. The summed E-state index contributed by atoms with van der Waals surface area (Å²) in [6, 6.07) is 14.7. The molecule has 0 unspecified atom stereocenters. The van der Waals surface area contributed by atoms with Crippen molar-refractivity contribution in [3.05, 3.63) is 48.0 Å². The Labute approximate surface area is 117 Å². The molecule has 0 spiro atoms. The molecule has 0 saturated carbocycles. The molecule has 102 valence electrons. The first-order valence-corrected chi connectivity index (χ1v) is 6.84. The molecule has 0 N–H and O–H groups in total. The van der Waals surface area contributed by atoms with Gasteiger partial charge in [0, 0.05) is 35.3 Å². The van der Waals surface area contributed by atoms with Gasteiger partial charge in [-0.2, -0.15) is 0 Å². The smallest absolute Gasteiger partial charge is 0.302 e. The lowest BCUT2D eigenvalue weighted by Gasteiger charge is -2.04. The van der Waals surface area contributed by atoms with E-state index in [1.54, 1.807) is 0 Å². The molecule has 0 saturated heterocycles. The minimum absolute atomic E-state index is 0.249. The van der Waals surface area contributed by atoms with Crippen LogP contribution in [0.15, 0.2) is 42.5 Å². The van der Waals surface area contributed by atoms with Gasteiger partial charge in [0.05, 0.1) is 0 Å². The first-order chi connectivity index (χ1) is 9.70. The van der Waals surface area contributed by atoms with Crippen molar-refractivity contribution in [1.82, 2.24) is 4.57 Å². The van der Waals surface area contributed by atoms with Gasteiger partial charge in [0.25, 0.3) is 0 Å². The Bertz CT molecular complexity index is 786. The summed E-state index contributed by atoms with van der Waals surface area (Å²) in [7, 11) is 0. The van der Waals surface area contributed by atoms with Gasteiger partial charge in [0.15, 0.2) is 0 Å². The molecule has 3 nitrogen and oxygen atoms in total. The maximum absolute atomic E-state index is 10.9. The SMILES string of the molecule is CCn1c2ccccc2c2cc(COC(C)=O)ccc21. The van der Waals surface area contributed by atoms with Gasteiger partial charge < -0.3 is 9.30 Å². The summed E-state index contributed by atoms with van der Waals surface area (Å²) in [4.78, 5) is 10.9. The molecule has 3 rings (SSSR count). The zero-order chi connectivity index (χ0) is 14.1. The second-order valence-electron chi connectivity index (χ2n) is 4.89. The number of carbonyl (C=O) groups is 1. The Morgan fingerprint density at radius 1 is 1.10 bits per heavy atom. The van der Waals surface area contributed by atoms with Crippen molar-refractivity contribution in [2.75, 3.05) is 0 Å². The van der Waals surface area contributed by atoms with E-state index in [2.05, 4.69) is 47.9 Å².